The van der Waals surface area contributed by atoms with Gasteiger partial charge in [-0.3, -0.25) is 9.48 Å². The predicted molar refractivity (Wildman–Crippen MR) is 62.4 cm³/mol. The molecule has 1 atom stereocenters. The van der Waals surface area contributed by atoms with Crippen molar-refractivity contribution < 1.29 is 10.0 Å². The number of amides is 1. The van der Waals surface area contributed by atoms with Crippen molar-refractivity contribution in [2.24, 2.45) is 23.9 Å². The predicted octanol–water partition coefficient (Wildman–Crippen LogP) is -0.273. The highest BCUT2D eigenvalue weighted by atomic mass is 16.4. The number of amidine groups is 1. The number of carbonyl (C=O) groups excluding carboxylic acids is 1. The van der Waals surface area contributed by atoms with E-state index in [0.29, 0.717) is 6.54 Å². The van der Waals surface area contributed by atoms with Crippen molar-refractivity contribution in [3.63, 3.8) is 0 Å². The molecule has 0 fully saturated rings. The number of nitrogens with one attached hydrogen (secondary N) is 1. The molecule has 1 aromatic heterocycles. The molecule has 0 bridgehead atoms. The van der Waals surface area contributed by atoms with Gasteiger partial charge >= 0.3 is 0 Å². The van der Waals surface area contributed by atoms with E-state index in [1.807, 2.05) is 20.2 Å². The fourth-order valence-electron chi connectivity index (χ4n) is 1.38. The van der Waals surface area contributed by atoms with Gasteiger partial charge in [-0.1, -0.05) is 5.16 Å². The monoisotopic (exact) mass is 239 g/mol. The molecule has 17 heavy (non-hydrogen) atoms. The number of aromatic nitrogens is 2. The Balaban J connectivity index is 2.57. The molecule has 7 heteroatoms. The van der Waals surface area contributed by atoms with E-state index in [2.05, 4.69) is 15.6 Å². The lowest BCUT2D eigenvalue weighted by molar-refractivity contribution is -0.122. The summed E-state index contributed by atoms with van der Waals surface area (Å²) in [5.41, 5.74) is 7.15. The van der Waals surface area contributed by atoms with Crippen LogP contribution in [-0.2, 0) is 18.4 Å². The first-order valence-electron chi connectivity index (χ1n) is 5.20. The fourth-order valence-corrected chi connectivity index (χ4v) is 1.38. The molecule has 1 unspecified atom stereocenters. The second-order valence-corrected chi connectivity index (χ2v) is 3.88. The molecule has 0 radical (unpaired) electrons. The van der Waals surface area contributed by atoms with Crippen molar-refractivity contribution in [3.8, 4) is 0 Å². The van der Waals surface area contributed by atoms with E-state index in [1.165, 1.54) is 0 Å². The number of oxime groups is 1. The summed E-state index contributed by atoms with van der Waals surface area (Å²) in [5.74, 6) is -1.05. The summed E-state index contributed by atoms with van der Waals surface area (Å²) >= 11 is 0. The number of hydrogen-bond acceptors (Lipinski definition) is 4. The molecule has 1 rings (SSSR count). The number of aryl methyl sites for hydroxylation is 2. The normalized spacial score (nSPS) is 13.5. The van der Waals surface area contributed by atoms with Crippen molar-refractivity contribution in [1.82, 2.24) is 15.1 Å². The summed E-state index contributed by atoms with van der Waals surface area (Å²) in [6.07, 6.45) is 1.84. The van der Waals surface area contributed by atoms with Crippen LogP contribution in [0.4, 0.5) is 0 Å². The fraction of sp³-hybridized carbons (Fsp3) is 0.500. The second kappa shape index (κ2) is 5.33. The van der Waals surface area contributed by atoms with Crippen molar-refractivity contribution in [3.05, 3.63) is 17.5 Å². The van der Waals surface area contributed by atoms with E-state index in [-0.39, 0.29) is 11.7 Å². The minimum atomic E-state index is -0.656. The van der Waals surface area contributed by atoms with Crippen LogP contribution in [0.3, 0.4) is 0 Å². The molecule has 1 heterocycles. The number of rotatable bonds is 4. The molecule has 1 aromatic rings. The highest BCUT2D eigenvalue weighted by Crippen LogP contribution is 2.04. The average Bonchev–Trinajstić information content (AvgIpc) is 2.62. The van der Waals surface area contributed by atoms with Gasteiger partial charge < -0.3 is 16.3 Å². The van der Waals surface area contributed by atoms with Crippen LogP contribution in [0, 0.1) is 12.8 Å². The molecule has 94 valence electrons. The Morgan fingerprint density at radius 2 is 2.41 bits per heavy atom. The first-order valence-corrected chi connectivity index (χ1v) is 5.20. The molecule has 0 saturated carbocycles. The maximum Gasteiger partial charge on any atom is 0.230 e. The molecule has 7 nitrogen and oxygen atoms in total. The number of carbonyl (C=O) groups is 1. The molecular formula is C10H17N5O2. The zero-order valence-electron chi connectivity index (χ0n) is 10.1. The topological polar surface area (TPSA) is 106 Å². The van der Waals surface area contributed by atoms with Gasteiger partial charge in [0.25, 0.3) is 0 Å². The quantitative estimate of drug-likeness (QED) is 0.291. The smallest absolute Gasteiger partial charge is 0.230 e. The van der Waals surface area contributed by atoms with Gasteiger partial charge in [-0.05, 0) is 13.8 Å². The van der Waals surface area contributed by atoms with Gasteiger partial charge in [-0.25, -0.2) is 0 Å². The minimum absolute atomic E-state index is 0.106. The lowest BCUT2D eigenvalue weighted by Crippen LogP contribution is -2.36. The van der Waals surface area contributed by atoms with Gasteiger partial charge in [0.05, 0.1) is 11.6 Å². The third kappa shape index (κ3) is 3.20. The number of nitrogens with two attached hydrogens (primary N) is 1. The Morgan fingerprint density at radius 3 is 2.88 bits per heavy atom. The number of hydrogen-bond donors (Lipinski definition) is 3. The standard InChI is InChI=1S/C10H17N5O2/c1-6(9(11)14-17)10(16)12-4-8-5-15(3)13-7(8)2/h5-6,17H,4H2,1-3H3,(H2,11,14)(H,12,16). The molecule has 0 saturated heterocycles. The van der Waals surface area contributed by atoms with Gasteiger partial charge in [0.2, 0.25) is 5.91 Å². The summed E-state index contributed by atoms with van der Waals surface area (Å²) in [6.45, 7) is 3.82. The minimum Gasteiger partial charge on any atom is -0.409 e. The van der Waals surface area contributed by atoms with Gasteiger partial charge in [-0.2, -0.15) is 5.10 Å². The Bertz CT molecular complexity index is 438. The zero-order valence-corrected chi connectivity index (χ0v) is 10.1. The van der Waals surface area contributed by atoms with Crippen LogP contribution in [-0.4, -0.2) is 26.7 Å². The third-order valence-corrected chi connectivity index (χ3v) is 2.52. The maximum atomic E-state index is 11.6. The zero-order chi connectivity index (χ0) is 13.0. The SMILES string of the molecule is Cc1nn(C)cc1CNC(=O)C(C)C(N)=NO. The molecule has 0 aliphatic rings. The second-order valence-electron chi connectivity index (χ2n) is 3.88. The summed E-state index contributed by atoms with van der Waals surface area (Å²) in [5, 5.41) is 18.1. The summed E-state index contributed by atoms with van der Waals surface area (Å²) in [4.78, 5) is 11.6. The maximum absolute atomic E-state index is 11.6. The highest BCUT2D eigenvalue weighted by molar-refractivity contribution is 6.01. The molecular weight excluding hydrogens is 222 g/mol. The summed E-state index contributed by atoms with van der Waals surface area (Å²) in [6, 6.07) is 0. The first kappa shape index (κ1) is 13.0. The molecule has 0 spiro atoms. The largest absolute Gasteiger partial charge is 0.409 e. The van der Waals surface area contributed by atoms with E-state index < -0.39 is 5.92 Å². The van der Waals surface area contributed by atoms with Crippen LogP contribution in [0.5, 0.6) is 0 Å². The van der Waals surface area contributed by atoms with Gasteiger partial charge in [0, 0.05) is 25.4 Å². The highest BCUT2D eigenvalue weighted by Gasteiger charge is 2.17. The van der Waals surface area contributed by atoms with Gasteiger partial charge in [0.1, 0.15) is 0 Å². The van der Waals surface area contributed by atoms with E-state index in [1.54, 1.807) is 11.6 Å². The summed E-state index contributed by atoms with van der Waals surface area (Å²) < 4.78 is 1.68. The first-order chi connectivity index (χ1) is 7.95. The molecule has 0 aromatic carbocycles. The van der Waals surface area contributed by atoms with Crippen LogP contribution in [0.2, 0.25) is 0 Å². The number of nitrogens with zero attached hydrogens (tertiary/aromatic N) is 3. The van der Waals surface area contributed by atoms with Crippen molar-refractivity contribution in [2.45, 2.75) is 20.4 Å². The lowest BCUT2D eigenvalue weighted by atomic mass is 10.1. The van der Waals surface area contributed by atoms with Gasteiger partial charge in [-0.15, -0.1) is 0 Å². The molecule has 4 N–H and O–H groups in total. The van der Waals surface area contributed by atoms with Crippen LogP contribution in [0.15, 0.2) is 11.4 Å². The Labute approximate surface area is 99.3 Å². The van der Waals surface area contributed by atoms with Crippen LogP contribution in [0.25, 0.3) is 0 Å². The van der Waals surface area contributed by atoms with E-state index in [9.17, 15) is 4.79 Å². The van der Waals surface area contributed by atoms with E-state index >= 15 is 0 Å². The molecule has 0 aliphatic carbocycles. The van der Waals surface area contributed by atoms with Crippen LogP contribution in [0.1, 0.15) is 18.2 Å². The van der Waals surface area contributed by atoms with Crippen LogP contribution < -0.4 is 11.1 Å². The van der Waals surface area contributed by atoms with Crippen molar-refractivity contribution in [2.75, 3.05) is 0 Å². The Kier molecular flexibility index (Phi) is 4.08. The molecule has 1 amide bonds. The Morgan fingerprint density at radius 1 is 1.76 bits per heavy atom. The van der Waals surface area contributed by atoms with E-state index in [4.69, 9.17) is 10.9 Å². The molecule has 0 aliphatic heterocycles. The lowest BCUT2D eigenvalue weighted by Gasteiger charge is -2.09. The summed E-state index contributed by atoms with van der Waals surface area (Å²) in [7, 11) is 1.82. The van der Waals surface area contributed by atoms with Crippen molar-refractivity contribution in [1.29, 1.82) is 0 Å². The Hall–Kier alpha value is -2.05. The third-order valence-electron chi connectivity index (χ3n) is 2.52. The van der Waals surface area contributed by atoms with Crippen molar-refractivity contribution >= 4 is 11.7 Å². The van der Waals surface area contributed by atoms with Gasteiger partial charge in [0.15, 0.2) is 5.84 Å². The van der Waals surface area contributed by atoms with E-state index in [0.717, 1.165) is 11.3 Å². The average molecular weight is 239 g/mol. The van der Waals surface area contributed by atoms with Crippen LogP contribution >= 0.6 is 0 Å².